The fourth-order valence-corrected chi connectivity index (χ4v) is 3.09. The van der Waals surface area contributed by atoms with Crippen molar-refractivity contribution in [1.29, 1.82) is 0 Å². The average molecular weight is 406 g/mol. The van der Waals surface area contributed by atoms with Crippen LogP contribution in [0.1, 0.15) is 10.5 Å². The van der Waals surface area contributed by atoms with Gasteiger partial charge in [0.15, 0.2) is 5.69 Å². The highest BCUT2D eigenvalue weighted by Crippen LogP contribution is 2.23. The van der Waals surface area contributed by atoms with Crippen LogP contribution in [0.25, 0.3) is 10.9 Å². The molecule has 0 bridgehead atoms. The van der Waals surface area contributed by atoms with Crippen molar-refractivity contribution in [2.75, 3.05) is 5.32 Å². The molecule has 3 aromatic carbocycles. The predicted molar refractivity (Wildman–Crippen MR) is 113 cm³/mol. The van der Waals surface area contributed by atoms with E-state index in [4.69, 9.17) is 16.3 Å². The Morgan fingerprint density at radius 2 is 1.69 bits per heavy atom. The Bertz CT molecular complexity index is 1250. The number of aryl methyl sites for hydroxylation is 1. The van der Waals surface area contributed by atoms with Gasteiger partial charge >= 0.3 is 0 Å². The number of benzene rings is 3. The molecule has 0 unspecified atom stereocenters. The van der Waals surface area contributed by atoms with E-state index in [2.05, 4.69) is 10.4 Å². The zero-order valence-corrected chi connectivity index (χ0v) is 16.2. The zero-order valence-electron chi connectivity index (χ0n) is 15.4. The average Bonchev–Trinajstić information content (AvgIpc) is 2.72. The number of hydrogen-bond acceptors (Lipinski definition) is 4. The topological polar surface area (TPSA) is 73.2 Å². The number of halogens is 1. The highest BCUT2D eigenvalue weighted by Gasteiger charge is 2.17. The van der Waals surface area contributed by atoms with E-state index in [1.165, 1.54) is 10.7 Å². The van der Waals surface area contributed by atoms with Crippen LogP contribution in [0.15, 0.2) is 77.6 Å². The van der Waals surface area contributed by atoms with E-state index >= 15 is 0 Å². The number of nitrogens with one attached hydrogen (secondary N) is 1. The van der Waals surface area contributed by atoms with Crippen LogP contribution in [0, 0.1) is 0 Å². The number of nitrogens with zero attached hydrogens (tertiary/aromatic N) is 2. The second-order valence-electron chi connectivity index (χ2n) is 6.36. The molecule has 1 amide bonds. The lowest BCUT2D eigenvalue weighted by molar-refractivity contribution is 0.101. The Kier molecular flexibility index (Phi) is 5.01. The maximum absolute atomic E-state index is 12.7. The first-order valence-electron chi connectivity index (χ1n) is 8.82. The number of ether oxygens (including phenoxy) is 1. The van der Waals surface area contributed by atoms with E-state index < -0.39 is 11.3 Å². The summed E-state index contributed by atoms with van der Waals surface area (Å²) >= 11 is 6.00. The Hall–Kier alpha value is -3.64. The van der Waals surface area contributed by atoms with Gasteiger partial charge in [0.25, 0.3) is 5.91 Å². The Balaban J connectivity index is 1.56. The number of rotatable bonds is 4. The molecular weight excluding hydrogens is 390 g/mol. The minimum absolute atomic E-state index is 0.202. The number of amides is 1. The van der Waals surface area contributed by atoms with Gasteiger partial charge in [-0.1, -0.05) is 29.8 Å². The molecule has 4 aromatic rings. The fourth-order valence-electron chi connectivity index (χ4n) is 2.92. The molecular formula is C22H16ClN3O3. The highest BCUT2D eigenvalue weighted by molar-refractivity contribution is 6.31. The predicted octanol–water partition coefficient (Wildman–Crippen LogP) is 4.63. The summed E-state index contributed by atoms with van der Waals surface area (Å²) in [5.41, 5.74) is 0.442. The van der Waals surface area contributed by atoms with Crippen LogP contribution in [0.5, 0.6) is 11.5 Å². The van der Waals surface area contributed by atoms with Gasteiger partial charge < -0.3 is 10.1 Å². The second kappa shape index (κ2) is 7.77. The molecule has 0 spiro atoms. The summed E-state index contributed by atoms with van der Waals surface area (Å²) in [5.74, 6) is 0.750. The van der Waals surface area contributed by atoms with Gasteiger partial charge in [0, 0.05) is 17.8 Å². The van der Waals surface area contributed by atoms with Crippen molar-refractivity contribution in [2.24, 2.45) is 7.05 Å². The molecule has 0 aliphatic rings. The van der Waals surface area contributed by atoms with E-state index in [0.29, 0.717) is 33.1 Å². The van der Waals surface area contributed by atoms with E-state index in [9.17, 15) is 9.59 Å². The summed E-state index contributed by atoms with van der Waals surface area (Å²) in [6.07, 6.45) is 0. The van der Waals surface area contributed by atoms with Crippen LogP contribution in [0.4, 0.5) is 5.69 Å². The molecule has 1 aromatic heterocycles. The minimum atomic E-state index is -0.593. The number of carbonyl (C=O) groups is 1. The summed E-state index contributed by atoms with van der Waals surface area (Å²) < 4.78 is 7.21. The van der Waals surface area contributed by atoms with Gasteiger partial charge in [0.2, 0.25) is 5.43 Å². The fraction of sp³-hybridized carbons (Fsp3) is 0.0455. The summed E-state index contributed by atoms with van der Waals surface area (Å²) in [5, 5.41) is 7.58. The molecule has 0 radical (unpaired) electrons. The summed E-state index contributed by atoms with van der Waals surface area (Å²) in [4.78, 5) is 25.3. The summed E-state index contributed by atoms with van der Waals surface area (Å²) in [6.45, 7) is 0. The van der Waals surface area contributed by atoms with Crippen molar-refractivity contribution in [3.8, 4) is 11.5 Å². The van der Waals surface area contributed by atoms with Crippen LogP contribution in [0.3, 0.4) is 0 Å². The molecule has 144 valence electrons. The van der Waals surface area contributed by atoms with Gasteiger partial charge in [-0.3, -0.25) is 14.3 Å². The van der Waals surface area contributed by atoms with Crippen molar-refractivity contribution in [2.45, 2.75) is 0 Å². The molecule has 29 heavy (non-hydrogen) atoms. The summed E-state index contributed by atoms with van der Waals surface area (Å²) in [7, 11) is 1.67. The molecule has 1 N–H and O–H groups in total. The van der Waals surface area contributed by atoms with Crippen LogP contribution in [-0.2, 0) is 7.05 Å². The van der Waals surface area contributed by atoms with Crippen molar-refractivity contribution in [1.82, 2.24) is 9.78 Å². The quantitative estimate of drug-likeness (QED) is 0.537. The minimum Gasteiger partial charge on any atom is -0.457 e. The van der Waals surface area contributed by atoms with Gasteiger partial charge in [-0.25, -0.2) is 0 Å². The smallest absolute Gasteiger partial charge is 0.280 e. The van der Waals surface area contributed by atoms with Crippen LogP contribution < -0.4 is 15.5 Å². The molecule has 4 rings (SSSR count). The molecule has 0 saturated carbocycles. The molecule has 1 heterocycles. The first kappa shape index (κ1) is 18.7. The number of para-hydroxylation sites is 1. The normalized spacial score (nSPS) is 10.7. The van der Waals surface area contributed by atoms with Gasteiger partial charge in [0.1, 0.15) is 11.5 Å². The second-order valence-corrected chi connectivity index (χ2v) is 6.79. The Labute approximate surface area is 171 Å². The van der Waals surface area contributed by atoms with Crippen molar-refractivity contribution < 1.29 is 9.53 Å². The molecule has 0 aliphatic carbocycles. The van der Waals surface area contributed by atoms with E-state index in [-0.39, 0.29) is 5.69 Å². The van der Waals surface area contributed by atoms with Gasteiger partial charge in [-0.05, 0) is 54.6 Å². The van der Waals surface area contributed by atoms with Gasteiger partial charge in [-0.2, -0.15) is 5.10 Å². The van der Waals surface area contributed by atoms with E-state index in [1.807, 2.05) is 30.3 Å². The third-order valence-electron chi connectivity index (χ3n) is 4.32. The third kappa shape index (κ3) is 3.97. The van der Waals surface area contributed by atoms with Crippen molar-refractivity contribution in [3.63, 3.8) is 0 Å². The monoisotopic (exact) mass is 405 g/mol. The van der Waals surface area contributed by atoms with Gasteiger partial charge in [-0.15, -0.1) is 0 Å². The molecule has 0 fully saturated rings. The van der Waals surface area contributed by atoms with Crippen molar-refractivity contribution in [3.05, 3.63) is 93.7 Å². The van der Waals surface area contributed by atoms with Crippen molar-refractivity contribution >= 4 is 34.1 Å². The highest BCUT2D eigenvalue weighted by atomic mass is 35.5. The molecule has 0 saturated heterocycles. The largest absolute Gasteiger partial charge is 0.457 e. The van der Waals surface area contributed by atoms with Crippen LogP contribution >= 0.6 is 11.6 Å². The molecule has 0 aliphatic heterocycles. The summed E-state index contributed by atoms with van der Waals surface area (Å²) in [6, 6.07) is 21.1. The lowest BCUT2D eigenvalue weighted by Crippen LogP contribution is -2.26. The Morgan fingerprint density at radius 1 is 1.00 bits per heavy atom. The van der Waals surface area contributed by atoms with Crippen LogP contribution in [-0.4, -0.2) is 15.7 Å². The lowest BCUT2D eigenvalue weighted by Gasteiger charge is -2.10. The standard InChI is InChI=1S/C22H16ClN3O3/c1-26-19-12-7-14(23)13-18(19)21(27)20(25-26)22(28)24-15-8-10-17(11-9-15)29-16-5-3-2-4-6-16/h2-13H,1H3,(H,24,28). The number of anilines is 1. The molecule has 7 heteroatoms. The van der Waals surface area contributed by atoms with E-state index in [0.717, 1.165) is 0 Å². The van der Waals surface area contributed by atoms with E-state index in [1.54, 1.807) is 43.4 Å². The maximum atomic E-state index is 12.7. The Morgan fingerprint density at radius 3 is 2.41 bits per heavy atom. The first-order valence-corrected chi connectivity index (χ1v) is 9.20. The molecule has 6 nitrogen and oxygen atoms in total. The van der Waals surface area contributed by atoms with Crippen LogP contribution in [0.2, 0.25) is 5.02 Å². The zero-order chi connectivity index (χ0) is 20.4. The lowest BCUT2D eigenvalue weighted by atomic mass is 10.2. The first-order chi connectivity index (χ1) is 14.0. The SMILES string of the molecule is Cn1nc(C(=O)Nc2ccc(Oc3ccccc3)cc2)c(=O)c2cc(Cl)ccc21. The number of carbonyl (C=O) groups excluding carboxylic acids is 1. The number of aromatic nitrogens is 2. The molecule has 0 atom stereocenters. The maximum Gasteiger partial charge on any atom is 0.280 e. The third-order valence-corrected chi connectivity index (χ3v) is 4.56. The van der Waals surface area contributed by atoms with Gasteiger partial charge in [0.05, 0.1) is 10.9 Å². The number of hydrogen-bond donors (Lipinski definition) is 1. The number of fused-ring (bicyclic) bond motifs is 1.